The van der Waals surface area contributed by atoms with Gasteiger partial charge in [-0.3, -0.25) is 14.4 Å². The molecular weight excluding hydrogens is 380 g/mol. The van der Waals surface area contributed by atoms with Gasteiger partial charge in [0.25, 0.3) is 5.91 Å². The number of amides is 2. The summed E-state index contributed by atoms with van der Waals surface area (Å²) in [6.07, 6.45) is 1.86. The molecule has 2 amide bonds. The number of ether oxygens (including phenoxy) is 4. The lowest BCUT2D eigenvalue weighted by Gasteiger charge is -2.31. The van der Waals surface area contributed by atoms with Crippen LogP contribution in [0.1, 0.15) is 24.8 Å². The first-order valence-corrected chi connectivity index (χ1v) is 9.41. The molecule has 1 heterocycles. The topological polar surface area (TPSA) is 117 Å². The monoisotopic (exact) mass is 408 g/mol. The molecule has 1 aromatic carbocycles. The van der Waals surface area contributed by atoms with Gasteiger partial charge < -0.3 is 29.6 Å². The Hall–Kier alpha value is -2.97. The fourth-order valence-corrected chi connectivity index (χ4v) is 3.27. The SMILES string of the molecule is COc1cc(CCC(=O)OCC(=O)N2CCC[C@H](C(N)=O)C2)cc(OC)c1OC. The van der Waals surface area contributed by atoms with Crippen LogP contribution in [0.15, 0.2) is 12.1 Å². The molecule has 2 rings (SSSR count). The van der Waals surface area contributed by atoms with E-state index < -0.39 is 11.9 Å². The lowest BCUT2D eigenvalue weighted by Crippen LogP contribution is -2.45. The van der Waals surface area contributed by atoms with E-state index in [0.29, 0.717) is 43.1 Å². The van der Waals surface area contributed by atoms with E-state index in [2.05, 4.69) is 0 Å². The highest BCUT2D eigenvalue weighted by Gasteiger charge is 2.27. The predicted molar refractivity (Wildman–Crippen MR) is 104 cm³/mol. The number of aryl methyl sites for hydroxylation is 1. The average Bonchev–Trinajstić information content (AvgIpc) is 2.74. The number of hydrogen-bond acceptors (Lipinski definition) is 7. The molecule has 0 aromatic heterocycles. The summed E-state index contributed by atoms with van der Waals surface area (Å²) in [6, 6.07) is 3.52. The predicted octanol–water partition coefficient (Wildman–Crippen LogP) is 0.912. The number of benzene rings is 1. The number of methoxy groups -OCH3 is 3. The van der Waals surface area contributed by atoms with Gasteiger partial charge in [-0.15, -0.1) is 0 Å². The van der Waals surface area contributed by atoms with Gasteiger partial charge in [0.1, 0.15) is 0 Å². The highest BCUT2D eigenvalue weighted by atomic mass is 16.5. The van der Waals surface area contributed by atoms with Gasteiger partial charge in [-0.1, -0.05) is 0 Å². The number of carbonyl (C=O) groups is 3. The van der Waals surface area contributed by atoms with E-state index in [-0.39, 0.29) is 31.4 Å². The Morgan fingerprint density at radius 1 is 1.10 bits per heavy atom. The Morgan fingerprint density at radius 2 is 1.76 bits per heavy atom. The van der Waals surface area contributed by atoms with Crippen LogP contribution in [0.4, 0.5) is 0 Å². The van der Waals surface area contributed by atoms with Crippen molar-refractivity contribution < 1.29 is 33.3 Å². The van der Waals surface area contributed by atoms with Gasteiger partial charge in [-0.25, -0.2) is 0 Å². The molecule has 1 aliphatic heterocycles. The summed E-state index contributed by atoms with van der Waals surface area (Å²) >= 11 is 0. The van der Waals surface area contributed by atoms with Gasteiger partial charge in [0.15, 0.2) is 18.1 Å². The van der Waals surface area contributed by atoms with E-state index in [1.807, 2.05) is 0 Å². The minimum atomic E-state index is -0.490. The van der Waals surface area contributed by atoms with E-state index >= 15 is 0 Å². The highest BCUT2D eigenvalue weighted by Crippen LogP contribution is 2.38. The lowest BCUT2D eigenvalue weighted by atomic mass is 9.97. The van der Waals surface area contributed by atoms with Gasteiger partial charge in [0.05, 0.1) is 27.2 Å². The highest BCUT2D eigenvalue weighted by molar-refractivity contribution is 5.82. The van der Waals surface area contributed by atoms with Crippen molar-refractivity contribution >= 4 is 17.8 Å². The first-order chi connectivity index (χ1) is 13.9. The molecule has 0 saturated carbocycles. The number of primary amides is 1. The molecule has 160 valence electrons. The molecule has 1 aliphatic rings. The molecule has 0 spiro atoms. The van der Waals surface area contributed by atoms with E-state index in [9.17, 15) is 14.4 Å². The molecule has 1 atom stereocenters. The van der Waals surface area contributed by atoms with Gasteiger partial charge in [-0.2, -0.15) is 0 Å². The van der Waals surface area contributed by atoms with Gasteiger partial charge in [0, 0.05) is 19.5 Å². The fraction of sp³-hybridized carbons (Fsp3) is 0.550. The number of piperidine rings is 1. The Kier molecular flexibility index (Phi) is 8.11. The first kappa shape index (κ1) is 22.3. The Balaban J connectivity index is 1.85. The zero-order valence-electron chi connectivity index (χ0n) is 17.1. The molecule has 9 nitrogen and oxygen atoms in total. The molecule has 0 radical (unpaired) electrons. The Labute approximate surface area is 170 Å². The molecule has 0 unspecified atom stereocenters. The van der Waals surface area contributed by atoms with E-state index in [4.69, 9.17) is 24.7 Å². The second-order valence-electron chi connectivity index (χ2n) is 6.78. The van der Waals surface area contributed by atoms with Crippen LogP contribution in [0.25, 0.3) is 0 Å². The summed E-state index contributed by atoms with van der Waals surface area (Å²) in [7, 11) is 4.55. The lowest BCUT2D eigenvalue weighted by molar-refractivity contribution is -0.153. The molecule has 2 N–H and O–H groups in total. The quantitative estimate of drug-likeness (QED) is 0.604. The van der Waals surface area contributed by atoms with E-state index in [1.165, 1.54) is 26.2 Å². The summed E-state index contributed by atoms with van der Waals surface area (Å²) in [5, 5.41) is 0. The van der Waals surface area contributed by atoms with Crippen LogP contribution in [0.2, 0.25) is 0 Å². The molecule has 9 heteroatoms. The van der Waals surface area contributed by atoms with E-state index in [1.54, 1.807) is 12.1 Å². The number of hydrogen-bond donors (Lipinski definition) is 1. The Morgan fingerprint density at radius 3 is 2.31 bits per heavy atom. The molecule has 1 fully saturated rings. The van der Waals surface area contributed by atoms with Crippen molar-refractivity contribution in [2.75, 3.05) is 41.0 Å². The van der Waals surface area contributed by atoms with Crippen molar-refractivity contribution in [1.82, 2.24) is 4.90 Å². The maximum atomic E-state index is 12.2. The van der Waals surface area contributed by atoms with Gasteiger partial charge >= 0.3 is 5.97 Å². The third-order valence-electron chi connectivity index (χ3n) is 4.88. The third-order valence-corrected chi connectivity index (χ3v) is 4.88. The molecule has 1 aromatic rings. The van der Waals surface area contributed by atoms with Crippen molar-refractivity contribution in [3.05, 3.63) is 17.7 Å². The zero-order chi connectivity index (χ0) is 21.4. The molecule has 0 aliphatic carbocycles. The fourth-order valence-electron chi connectivity index (χ4n) is 3.27. The smallest absolute Gasteiger partial charge is 0.306 e. The summed E-state index contributed by atoms with van der Waals surface area (Å²) < 4.78 is 21.0. The molecule has 1 saturated heterocycles. The second-order valence-corrected chi connectivity index (χ2v) is 6.78. The van der Waals surface area contributed by atoms with Crippen LogP contribution in [-0.4, -0.2) is 63.7 Å². The number of rotatable bonds is 9. The normalized spacial score (nSPS) is 16.1. The number of likely N-dealkylation sites (tertiary alicyclic amines) is 1. The van der Waals surface area contributed by atoms with Crippen LogP contribution < -0.4 is 19.9 Å². The third kappa shape index (κ3) is 6.00. The van der Waals surface area contributed by atoms with Crippen molar-refractivity contribution in [3.8, 4) is 17.2 Å². The van der Waals surface area contributed by atoms with Crippen LogP contribution in [0, 0.1) is 5.92 Å². The summed E-state index contributed by atoms with van der Waals surface area (Å²) in [5.41, 5.74) is 6.13. The van der Waals surface area contributed by atoms with Gasteiger partial charge in [0.2, 0.25) is 11.7 Å². The summed E-state index contributed by atoms with van der Waals surface area (Å²) in [4.78, 5) is 37.1. The van der Waals surface area contributed by atoms with Crippen molar-refractivity contribution in [2.45, 2.75) is 25.7 Å². The molecule has 29 heavy (non-hydrogen) atoms. The van der Waals surface area contributed by atoms with Crippen LogP contribution in [0.5, 0.6) is 17.2 Å². The Bertz CT molecular complexity index is 725. The second kappa shape index (κ2) is 10.5. The maximum Gasteiger partial charge on any atom is 0.306 e. The maximum absolute atomic E-state index is 12.2. The van der Waals surface area contributed by atoms with Crippen molar-refractivity contribution in [2.24, 2.45) is 11.7 Å². The minimum Gasteiger partial charge on any atom is -0.493 e. The van der Waals surface area contributed by atoms with Gasteiger partial charge in [-0.05, 0) is 37.0 Å². The van der Waals surface area contributed by atoms with Crippen LogP contribution >= 0.6 is 0 Å². The largest absolute Gasteiger partial charge is 0.493 e. The summed E-state index contributed by atoms with van der Waals surface area (Å²) in [5.74, 6) is -0.0948. The zero-order valence-corrected chi connectivity index (χ0v) is 17.1. The number of nitrogens with zero attached hydrogens (tertiary/aromatic N) is 1. The standard InChI is InChI=1S/C20H28N2O7/c1-26-15-9-13(10-16(27-2)19(15)28-3)6-7-18(24)29-12-17(23)22-8-4-5-14(11-22)20(21)25/h9-10,14H,4-8,11-12H2,1-3H3,(H2,21,25)/t14-/m0/s1. The number of carbonyl (C=O) groups excluding carboxylic acids is 3. The number of esters is 1. The summed E-state index contributed by atoms with van der Waals surface area (Å²) in [6.45, 7) is 0.461. The minimum absolute atomic E-state index is 0.0931. The average molecular weight is 408 g/mol. The molecule has 0 bridgehead atoms. The molecular formula is C20H28N2O7. The van der Waals surface area contributed by atoms with Crippen molar-refractivity contribution in [1.29, 1.82) is 0 Å². The van der Waals surface area contributed by atoms with Crippen LogP contribution in [0.3, 0.4) is 0 Å². The van der Waals surface area contributed by atoms with Crippen molar-refractivity contribution in [3.63, 3.8) is 0 Å². The number of nitrogens with two attached hydrogens (primary N) is 1. The van der Waals surface area contributed by atoms with E-state index in [0.717, 1.165) is 5.56 Å². The van der Waals surface area contributed by atoms with Crippen LogP contribution in [-0.2, 0) is 25.5 Å². The first-order valence-electron chi connectivity index (χ1n) is 9.41.